The maximum Gasteiger partial charge on any atom is 0.451 e. The Morgan fingerprint density at radius 3 is 2.57 bits per heavy atom. The molecular weight excluding hydrogens is 285 g/mol. The lowest BCUT2D eigenvalue weighted by Crippen LogP contribution is -2.37. The van der Waals surface area contributed by atoms with Crippen LogP contribution in [0, 0.1) is 5.92 Å². The number of hydrogen-bond donors (Lipinski definition) is 2. The van der Waals surface area contributed by atoms with Crippen LogP contribution < -0.4 is 10.2 Å². The van der Waals surface area contributed by atoms with Crippen molar-refractivity contribution in [2.24, 2.45) is 5.92 Å². The maximum atomic E-state index is 12.8. The molecule has 1 aromatic heterocycles. The highest BCUT2D eigenvalue weighted by Crippen LogP contribution is 2.31. The number of aliphatic hydroxyl groups is 1. The Morgan fingerprint density at radius 1 is 1.38 bits per heavy atom. The summed E-state index contributed by atoms with van der Waals surface area (Å²) in [7, 11) is 1.70. The molecule has 1 aliphatic rings. The molecule has 0 saturated heterocycles. The summed E-state index contributed by atoms with van der Waals surface area (Å²) >= 11 is 0. The van der Waals surface area contributed by atoms with E-state index in [1.807, 2.05) is 0 Å². The fraction of sp³-hybridized carbons (Fsp3) is 0.692. The zero-order valence-corrected chi connectivity index (χ0v) is 12.0. The highest BCUT2D eigenvalue weighted by Gasteiger charge is 2.36. The summed E-state index contributed by atoms with van der Waals surface area (Å²) in [6.45, 7) is 2.83. The Morgan fingerprint density at radius 2 is 2.05 bits per heavy atom. The summed E-state index contributed by atoms with van der Waals surface area (Å²) in [4.78, 5) is 8.77. The van der Waals surface area contributed by atoms with Gasteiger partial charge in [-0.05, 0) is 25.7 Å². The van der Waals surface area contributed by atoms with Gasteiger partial charge in [0.2, 0.25) is 5.82 Å². The van der Waals surface area contributed by atoms with Crippen LogP contribution in [-0.4, -0.2) is 41.3 Å². The molecule has 0 aliphatic heterocycles. The van der Waals surface area contributed by atoms with Gasteiger partial charge in [0, 0.05) is 26.2 Å². The van der Waals surface area contributed by atoms with E-state index in [2.05, 4.69) is 15.3 Å². The third kappa shape index (κ3) is 3.96. The van der Waals surface area contributed by atoms with Gasteiger partial charge >= 0.3 is 6.18 Å². The average Bonchev–Trinajstić information content (AvgIpc) is 2.36. The van der Waals surface area contributed by atoms with E-state index in [9.17, 15) is 18.3 Å². The lowest BCUT2D eigenvalue weighted by Gasteiger charge is -2.34. The first-order valence-electron chi connectivity index (χ1n) is 6.89. The molecule has 1 fully saturated rings. The Labute approximate surface area is 121 Å². The SMILES string of the molecule is CCNc1cc(N(C)CC2CC(O)C2)nc(C(F)(F)F)n1. The van der Waals surface area contributed by atoms with E-state index in [1.165, 1.54) is 6.07 Å². The summed E-state index contributed by atoms with van der Waals surface area (Å²) in [6, 6.07) is 1.51. The largest absolute Gasteiger partial charge is 0.451 e. The predicted octanol–water partition coefficient (Wildman–Crippen LogP) is 2.13. The Kier molecular flexibility index (Phi) is 4.55. The standard InChI is InChI=1S/C13H19F3N4O/c1-3-17-10-6-11(19-12(18-10)13(14,15)16)20(2)7-8-4-9(21)5-8/h6,8-9,21H,3-5,7H2,1-2H3,(H,17,18,19). The van der Waals surface area contributed by atoms with Gasteiger partial charge < -0.3 is 15.3 Å². The fourth-order valence-electron chi connectivity index (χ4n) is 2.36. The Bertz CT molecular complexity index is 489. The topological polar surface area (TPSA) is 61.3 Å². The van der Waals surface area contributed by atoms with E-state index in [4.69, 9.17) is 0 Å². The summed E-state index contributed by atoms with van der Waals surface area (Å²) in [6.07, 6.45) is -3.49. The number of alkyl halides is 3. The lowest BCUT2D eigenvalue weighted by molar-refractivity contribution is -0.144. The fourth-order valence-corrected chi connectivity index (χ4v) is 2.36. The summed E-state index contributed by atoms with van der Waals surface area (Å²) in [5.74, 6) is -0.460. The molecule has 1 heterocycles. The normalized spacial score (nSPS) is 21.8. The number of aromatic nitrogens is 2. The molecule has 1 saturated carbocycles. The average molecular weight is 304 g/mol. The number of nitrogens with zero attached hydrogens (tertiary/aromatic N) is 3. The Balaban J connectivity index is 2.18. The van der Waals surface area contributed by atoms with Gasteiger partial charge in [0.05, 0.1) is 6.10 Å². The third-order valence-corrected chi connectivity index (χ3v) is 3.46. The first kappa shape index (κ1) is 15.8. The molecular formula is C13H19F3N4O. The number of halogens is 3. The van der Waals surface area contributed by atoms with Crippen LogP contribution in [0.5, 0.6) is 0 Å². The van der Waals surface area contributed by atoms with E-state index < -0.39 is 12.0 Å². The number of hydrogen-bond acceptors (Lipinski definition) is 5. The van der Waals surface area contributed by atoms with Gasteiger partial charge in [0.25, 0.3) is 0 Å². The molecule has 0 aromatic carbocycles. The molecule has 2 N–H and O–H groups in total. The molecule has 8 heteroatoms. The molecule has 1 aromatic rings. The molecule has 0 unspecified atom stereocenters. The van der Waals surface area contributed by atoms with Crippen LogP contribution in [0.15, 0.2) is 6.07 Å². The van der Waals surface area contributed by atoms with Crippen molar-refractivity contribution in [2.45, 2.75) is 32.0 Å². The summed E-state index contributed by atoms with van der Waals surface area (Å²) < 4.78 is 38.5. The number of nitrogens with one attached hydrogen (secondary N) is 1. The second kappa shape index (κ2) is 6.05. The number of aliphatic hydroxyl groups excluding tert-OH is 1. The van der Waals surface area contributed by atoms with Crippen LogP contribution in [0.2, 0.25) is 0 Å². The smallest absolute Gasteiger partial charge is 0.393 e. The van der Waals surface area contributed by atoms with Crippen LogP contribution in [0.1, 0.15) is 25.6 Å². The molecule has 0 amide bonds. The van der Waals surface area contributed by atoms with Crippen molar-refractivity contribution in [3.8, 4) is 0 Å². The van der Waals surface area contributed by atoms with E-state index in [0.717, 1.165) is 0 Å². The zero-order valence-electron chi connectivity index (χ0n) is 12.0. The van der Waals surface area contributed by atoms with Crippen molar-refractivity contribution in [3.05, 3.63) is 11.9 Å². The van der Waals surface area contributed by atoms with Crippen molar-refractivity contribution in [1.82, 2.24) is 9.97 Å². The van der Waals surface area contributed by atoms with Crippen LogP contribution in [0.3, 0.4) is 0 Å². The van der Waals surface area contributed by atoms with Crippen molar-refractivity contribution in [2.75, 3.05) is 30.4 Å². The molecule has 0 radical (unpaired) electrons. The summed E-state index contributed by atoms with van der Waals surface area (Å²) in [5.41, 5.74) is 0. The minimum absolute atomic E-state index is 0.162. The molecule has 118 valence electrons. The highest BCUT2D eigenvalue weighted by atomic mass is 19.4. The highest BCUT2D eigenvalue weighted by molar-refractivity contribution is 5.49. The van der Waals surface area contributed by atoms with E-state index in [0.29, 0.717) is 25.9 Å². The summed E-state index contributed by atoms with van der Waals surface area (Å²) in [5, 5.41) is 12.0. The van der Waals surface area contributed by atoms with Crippen molar-refractivity contribution < 1.29 is 18.3 Å². The van der Waals surface area contributed by atoms with Crippen molar-refractivity contribution in [1.29, 1.82) is 0 Å². The van der Waals surface area contributed by atoms with E-state index >= 15 is 0 Å². The molecule has 1 aliphatic carbocycles. The zero-order chi connectivity index (χ0) is 15.6. The number of rotatable bonds is 5. The lowest BCUT2D eigenvalue weighted by atomic mass is 9.82. The van der Waals surface area contributed by atoms with E-state index in [-0.39, 0.29) is 23.7 Å². The van der Waals surface area contributed by atoms with Gasteiger partial charge in [-0.2, -0.15) is 13.2 Å². The van der Waals surface area contributed by atoms with Gasteiger partial charge in [-0.3, -0.25) is 0 Å². The molecule has 5 nitrogen and oxygen atoms in total. The maximum absolute atomic E-state index is 12.8. The second-order valence-corrected chi connectivity index (χ2v) is 5.33. The van der Waals surface area contributed by atoms with Crippen molar-refractivity contribution >= 4 is 11.6 Å². The van der Waals surface area contributed by atoms with Gasteiger partial charge in [0.1, 0.15) is 11.6 Å². The number of anilines is 2. The predicted molar refractivity (Wildman–Crippen MR) is 73.2 cm³/mol. The van der Waals surface area contributed by atoms with E-state index in [1.54, 1.807) is 18.9 Å². The molecule has 0 bridgehead atoms. The Hall–Kier alpha value is -1.57. The first-order chi connectivity index (χ1) is 9.79. The van der Waals surface area contributed by atoms with Crippen LogP contribution >= 0.6 is 0 Å². The monoisotopic (exact) mass is 304 g/mol. The van der Waals surface area contributed by atoms with Gasteiger partial charge in [-0.1, -0.05) is 0 Å². The van der Waals surface area contributed by atoms with Crippen LogP contribution in [-0.2, 0) is 6.18 Å². The van der Waals surface area contributed by atoms with Crippen LogP contribution in [0.25, 0.3) is 0 Å². The second-order valence-electron chi connectivity index (χ2n) is 5.33. The van der Waals surface area contributed by atoms with Gasteiger partial charge in [-0.15, -0.1) is 0 Å². The van der Waals surface area contributed by atoms with Crippen molar-refractivity contribution in [3.63, 3.8) is 0 Å². The quantitative estimate of drug-likeness (QED) is 0.872. The third-order valence-electron chi connectivity index (χ3n) is 3.46. The molecule has 21 heavy (non-hydrogen) atoms. The van der Waals surface area contributed by atoms with Crippen LogP contribution in [0.4, 0.5) is 24.8 Å². The minimum atomic E-state index is -4.58. The minimum Gasteiger partial charge on any atom is -0.393 e. The first-order valence-corrected chi connectivity index (χ1v) is 6.89. The van der Waals surface area contributed by atoms with Gasteiger partial charge in [-0.25, -0.2) is 9.97 Å². The van der Waals surface area contributed by atoms with Gasteiger partial charge in [0.15, 0.2) is 0 Å². The molecule has 0 spiro atoms. The molecule has 2 rings (SSSR count). The molecule has 0 atom stereocenters.